The number of hydrogen-bond acceptors (Lipinski definition) is 2. The van der Waals surface area contributed by atoms with Gasteiger partial charge in [-0.05, 0) is 37.5 Å². The molecule has 1 atom stereocenters. The van der Waals surface area contributed by atoms with Crippen molar-refractivity contribution in [1.29, 1.82) is 0 Å². The molecule has 3 nitrogen and oxygen atoms in total. The SMILES string of the molecule is C[C@@H](CCc1ccccc1)NC(=O)c1cccnc1Cl. The van der Waals surface area contributed by atoms with E-state index in [1.807, 2.05) is 25.1 Å². The predicted molar refractivity (Wildman–Crippen MR) is 80.9 cm³/mol. The summed E-state index contributed by atoms with van der Waals surface area (Å²) in [6.07, 6.45) is 3.38. The van der Waals surface area contributed by atoms with Gasteiger partial charge in [-0.1, -0.05) is 41.9 Å². The Kier molecular flexibility index (Phi) is 5.13. The number of pyridine rings is 1. The van der Waals surface area contributed by atoms with Gasteiger partial charge in [0.05, 0.1) is 5.56 Å². The minimum atomic E-state index is -0.177. The minimum Gasteiger partial charge on any atom is -0.349 e. The third-order valence-electron chi connectivity index (χ3n) is 3.09. The number of hydrogen-bond donors (Lipinski definition) is 1. The fourth-order valence-corrected chi connectivity index (χ4v) is 2.16. The molecule has 1 N–H and O–H groups in total. The summed E-state index contributed by atoms with van der Waals surface area (Å²) in [5, 5.41) is 3.18. The molecule has 2 aromatic rings. The molecule has 0 bridgehead atoms. The third-order valence-corrected chi connectivity index (χ3v) is 3.39. The summed E-state index contributed by atoms with van der Waals surface area (Å²) in [4.78, 5) is 16.0. The standard InChI is InChI=1S/C16H17ClN2O/c1-12(9-10-13-6-3-2-4-7-13)19-16(20)14-8-5-11-18-15(14)17/h2-8,11-12H,9-10H2,1H3,(H,19,20)/t12-/m0/s1. The lowest BCUT2D eigenvalue weighted by atomic mass is 10.1. The first-order chi connectivity index (χ1) is 9.66. The van der Waals surface area contributed by atoms with Gasteiger partial charge in [-0.15, -0.1) is 0 Å². The Morgan fingerprint density at radius 1 is 1.25 bits per heavy atom. The summed E-state index contributed by atoms with van der Waals surface area (Å²) in [7, 11) is 0. The lowest BCUT2D eigenvalue weighted by Gasteiger charge is -2.14. The van der Waals surface area contributed by atoms with Crippen LogP contribution in [0.2, 0.25) is 5.15 Å². The Hall–Kier alpha value is -1.87. The van der Waals surface area contributed by atoms with Crippen molar-refractivity contribution in [3.8, 4) is 0 Å². The van der Waals surface area contributed by atoms with Crippen LogP contribution in [0.4, 0.5) is 0 Å². The predicted octanol–water partition coefficient (Wildman–Crippen LogP) is 3.49. The Morgan fingerprint density at radius 2 is 2.00 bits per heavy atom. The van der Waals surface area contributed by atoms with Crippen LogP contribution in [-0.2, 0) is 6.42 Å². The van der Waals surface area contributed by atoms with Gasteiger partial charge in [0.25, 0.3) is 5.91 Å². The van der Waals surface area contributed by atoms with E-state index in [0.717, 1.165) is 12.8 Å². The molecule has 104 valence electrons. The highest BCUT2D eigenvalue weighted by molar-refractivity contribution is 6.32. The maximum atomic E-state index is 12.1. The van der Waals surface area contributed by atoms with Gasteiger partial charge in [0.15, 0.2) is 0 Å². The number of amides is 1. The molecule has 0 unspecified atom stereocenters. The second kappa shape index (κ2) is 7.06. The van der Waals surface area contributed by atoms with E-state index < -0.39 is 0 Å². The number of halogens is 1. The summed E-state index contributed by atoms with van der Waals surface area (Å²) in [5.74, 6) is -0.177. The molecule has 4 heteroatoms. The van der Waals surface area contributed by atoms with Crippen molar-refractivity contribution in [2.45, 2.75) is 25.8 Å². The van der Waals surface area contributed by atoms with Crippen LogP contribution in [0.1, 0.15) is 29.3 Å². The van der Waals surface area contributed by atoms with Crippen LogP contribution in [-0.4, -0.2) is 16.9 Å². The monoisotopic (exact) mass is 288 g/mol. The van der Waals surface area contributed by atoms with Crippen LogP contribution in [0.25, 0.3) is 0 Å². The molecular weight excluding hydrogens is 272 g/mol. The number of aryl methyl sites for hydroxylation is 1. The number of nitrogens with zero attached hydrogens (tertiary/aromatic N) is 1. The molecule has 0 radical (unpaired) electrons. The zero-order valence-corrected chi connectivity index (χ0v) is 12.1. The van der Waals surface area contributed by atoms with E-state index in [9.17, 15) is 4.79 Å². The Labute approximate surface area is 124 Å². The molecule has 0 spiro atoms. The van der Waals surface area contributed by atoms with Crippen LogP contribution >= 0.6 is 11.6 Å². The summed E-state index contributed by atoms with van der Waals surface area (Å²) in [6.45, 7) is 1.99. The van der Waals surface area contributed by atoms with E-state index in [2.05, 4.69) is 22.4 Å². The van der Waals surface area contributed by atoms with Crippen molar-refractivity contribution < 1.29 is 4.79 Å². The number of aromatic nitrogens is 1. The number of nitrogens with one attached hydrogen (secondary N) is 1. The molecule has 2 rings (SSSR count). The molecule has 1 aromatic carbocycles. The fraction of sp³-hybridized carbons (Fsp3) is 0.250. The number of carbonyl (C=O) groups excluding carboxylic acids is 1. The topological polar surface area (TPSA) is 42.0 Å². The summed E-state index contributed by atoms with van der Waals surface area (Å²) in [6, 6.07) is 13.7. The van der Waals surface area contributed by atoms with Gasteiger partial charge in [-0.25, -0.2) is 4.98 Å². The molecule has 1 heterocycles. The Morgan fingerprint density at radius 3 is 2.70 bits per heavy atom. The van der Waals surface area contributed by atoms with Crippen LogP contribution < -0.4 is 5.32 Å². The fourth-order valence-electron chi connectivity index (χ4n) is 1.96. The second-order valence-corrected chi connectivity index (χ2v) is 5.10. The van der Waals surface area contributed by atoms with Crippen molar-refractivity contribution in [2.75, 3.05) is 0 Å². The first-order valence-corrected chi connectivity index (χ1v) is 7.00. The quantitative estimate of drug-likeness (QED) is 0.856. The van der Waals surface area contributed by atoms with Crippen molar-refractivity contribution in [3.05, 3.63) is 64.9 Å². The van der Waals surface area contributed by atoms with E-state index >= 15 is 0 Å². The first-order valence-electron chi connectivity index (χ1n) is 6.62. The molecule has 20 heavy (non-hydrogen) atoms. The lowest BCUT2D eigenvalue weighted by Crippen LogP contribution is -2.33. The van der Waals surface area contributed by atoms with E-state index in [4.69, 9.17) is 11.6 Å². The van der Waals surface area contributed by atoms with Gasteiger partial charge in [0.2, 0.25) is 0 Å². The van der Waals surface area contributed by atoms with Gasteiger partial charge < -0.3 is 5.32 Å². The Balaban J connectivity index is 1.87. The van der Waals surface area contributed by atoms with Gasteiger partial charge in [0.1, 0.15) is 5.15 Å². The molecule has 0 saturated heterocycles. The highest BCUT2D eigenvalue weighted by Gasteiger charge is 2.13. The highest BCUT2D eigenvalue weighted by atomic mass is 35.5. The van der Waals surface area contributed by atoms with Crippen LogP contribution in [0.5, 0.6) is 0 Å². The maximum Gasteiger partial charge on any atom is 0.254 e. The molecular formula is C16H17ClN2O. The average molecular weight is 289 g/mol. The van der Waals surface area contributed by atoms with Crippen LogP contribution in [0.15, 0.2) is 48.7 Å². The number of rotatable bonds is 5. The highest BCUT2D eigenvalue weighted by Crippen LogP contribution is 2.12. The van der Waals surface area contributed by atoms with Gasteiger partial charge in [0, 0.05) is 12.2 Å². The smallest absolute Gasteiger partial charge is 0.254 e. The largest absolute Gasteiger partial charge is 0.349 e. The average Bonchev–Trinajstić information content (AvgIpc) is 2.46. The van der Waals surface area contributed by atoms with Crippen molar-refractivity contribution in [2.24, 2.45) is 0 Å². The van der Waals surface area contributed by atoms with Gasteiger partial charge in [-0.2, -0.15) is 0 Å². The molecule has 0 saturated carbocycles. The Bertz CT molecular complexity index is 572. The number of benzene rings is 1. The van der Waals surface area contributed by atoms with Gasteiger partial charge in [-0.3, -0.25) is 4.79 Å². The zero-order chi connectivity index (χ0) is 14.4. The molecule has 1 amide bonds. The molecule has 1 aromatic heterocycles. The van der Waals surface area contributed by atoms with Crippen LogP contribution in [0, 0.1) is 0 Å². The van der Waals surface area contributed by atoms with Crippen LogP contribution in [0.3, 0.4) is 0 Å². The van der Waals surface area contributed by atoms with E-state index in [1.54, 1.807) is 18.3 Å². The van der Waals surface area contributed by atoms with Crippen molar-refractivity contribution in [3.63, 3.8) is 0 Å². The molecule has 0 fully saturated rings. The van der Waals surface area contributed by atoms with Gasteiger partial charge >= 0.3 is 0 Å². The molecule has 0 aliphatic rings. The lowest BCUT2D eigenvalue weighted by molar-refractivity contribution is 0.0938. The summed E-state index contributed by atoms with van der Waals surface area (Å²) >= 11 is 5.90. The van der Waals surface area contributed by atoms with E-state index in [1.165, 1.54) is 5.56 Å². The maximum absolute atomic E-state index is 12.1. The number of carbonyl (C=O) groups is 1. The summed E-state index contributed by atoms with van der Waals surface area (Å²) in [5.41, 5.74) is 1.69. The van der Waals surface area contributed by atoms with Crippen molar-refractivity contribution >= 4 is 17.5 Å². The summed E-state index contributed by atoms with van der Waals surface area (Å²) < 4.78 is 0. The first kappa shape index (κ1) is 14.5. The minimum absolute atomic E-state index is 0.0824. The normalized spacial score (nSPS) is 11.9. The zero-order valence-electron chi connectivity index (χ0n) is 11.3. The third kappa shape index (κ3) is 4.07. The molecule has 0 aliphatic carbocycles. The molecule has 0 aliphatic heterocycles. The van der Waals surface area contributed by atoms with Crippen molar-refractivity contribution in [1.82, 2.24) is 10.3 Å². The van der Waals surface area contributed by atoms with E-state index in [0.29, 0.717) is 5.56 Å². The second-order valence-electron chi connectivity index (χ2n) is 4.74. The van der Waals surface area contributed by atoms with E-state index in [-0.39, 0.29) is 17.1 Å².